The Labute approximate surface area is 157 Å². The zero-order valence-corrected chi connectivity index (χ0v) is 14.9. The Hall–Kier alpha value is -2.73. The first-order chi connectivity index (χ1) is 13.0. The van der Waals surface area contributed by atoms with Gasteiger partial charge < -0.3 is 15.0 Å². The number of morpholine rings is 1. The van der Waals surface area contributed by atoms with Crippen LogP contribution in [0, 0.1) is 5.82 Å². The third-order valence-electron chi connectivity index (χ3n) is 5.35. The van der Waals surface area contributed by atoms with Crippen molar-refractivity contribution in [1.29, 1.82) is 0 Å². The van der Waals surface area contributed by atoms with E-state index < -0.39 is 0 Å². The van der Waals surface area contributed by atoms with Gasteiger partial charge in [0.25, 0.3) is 5.91 Å². The number of benzene rings is 2. The number of carbonyl (C=O) groups is 2. The fourth-order valence-electron chi connectivity index (χ4n) is 3.70. The van der Waals surface area contributed by atoms with Crippen LogP contribution in [-0.4, -0.2) is 48.6 Å². The first kappa shape index (κ1) is 17.7. The maximum absolute atomic E-state index is 13.5. The second-order valence-electron chi connectivity index (χ2n) is 7.13. The third-order valence-corrected chi connectivity index (χ3v) is 5.35. The Kier molecular flexibility index (Phi) is 4.66. The van der Waals surface area contributed by atoms with Crippen LogP contribution in [0.3, 0.4) is 0 Å². The van der Waals surface area contributed by atoms with Crippen molar-refractivity contribution < 1.29 is 18.7 Å². The molecule has 6 heteroatoms. The van der Waals surface area contributed by atoms with Gasteiger partial charge in [-0.15, -0.1) is 0 Å². The van der Waals surface area contributed by atoms with Crippen LogP contribution in [-0.2, 0) is 9.53 Å². The van der Waals surface area contributed by atoms with Crippen molar-refractivity contribution in [3.8, 4) is 11.1 Å². The van der Waals surface area contributed by atoms with Gasteiger partial charge in [-0.25, -0.2) is 4.39 Å². The van der Waals surface area contributed by atoms with E-state index in [1.165, 1.54) is 12.1 Å². The highest BCUT2D eigenvalue weighted by Crippen LogP contribution is 2.29. The summed E-state index contributed by atoms with van der Waals surface area (Å²) in [7, 11) is 0. The molecule has 2 heterocycles. The fraction of sp³-hybridized carbons (Fsp3) is 0.333. The lowest BCUT2D eigenvalue weighted by Gasteiger charge is -2.43. The highest BCUT2D eigenvalue weighted by atomic mass is 19.1. The monoisotopic (exact) mass is 368 g/mol. The quantitative estimate of drug-likeness (QED) is 0.887. The molecule has 1 spiro atoms. The van der Waals surface area contributed by atoms with E-state index in [2.05, 4.69) is 5.32 Å². The van der Waals surface area contributed by atoms with E-state index in [9.17, 15) is 14.0 Å². The largest absolute Gasteiger partial charge is 0.363 e. The number of ether oxygens (including phenoxy) is 1. The molecule has 2 aliphatic rings. The van der Waals surface area contributed by atoms with E-state index in [0.29, 0.717) is 38.0 Å². The predicted molar refractivity (Wildman–Crippen MR) is 98.7 cm³/mol. The van der Waals surface area contributed by atoms with Gasteiger partial charge in [0.05, 0.1) is 5.60 Å². The molecule has 5 nitrogen and oxygen atoms in total. The summed E-state index contributed by atoms with van der Waals surface area (Å²) in [6, 6.07) is 13.6. The summed E-state index contributed by atoms with van der Waals surface area (Å²) in [6.07, 6.45) is 1.39. The molecule has 140 valence electrons. The van der Waals surface area contributed by atoms with Crippen LogP contribution in [0.15, 0.2) is 48.5 Å². The molecule has 2 aromatic rings. The first-order valence-electron chi connectivity index (χ1n) is 9.11. The maximum atomic E-state index is 13.5. The van der Waals surface area contributed by atoms with Crippen LogP contribution in [0.25, 0.3) is 11.1 Å². The summed E-state index contributed by atoms with van der Waals surface area (Å²) in [5.41, 5.74) is 1.79. The van der Waals surface area contributed by atoms with Gasteiger partial charge in [0.1, 0.15) is 12.4 Å². The van der Waals surface area contributed by atoms with E-state index in [-0.39, 0.29) is 29.8 Å². The average Bonchev–Trinajstić information content (AvgIpc) is 2.71. The SMILES string of the molecule is O=C1COC2(CCN(C(=O)c3cccc(-c4cccc(F)c4)c3)CC2)CN1. The lowest BCUT2D eigenvalue weighted by atomic mass is 9.89. The Morgan fingerprint density at radius 1 is 1.07 bits per heavy atom. The Balaban J connectivity index is 1.46. The van der Waals surface area contributed by atoms with Gasteiger partial charge >= 0.3 is 0 Å². The molecule has 0 atom stereocenters. The minimum atomic E-state index is -0.353. The lowest BCUT2D eigenvalue weighted by molar-refractivity contribution is -0.149. The first-order valence-corrected chi connectivity index (χ1v) is 9.11. The molecule has 4 rings (SSSR count). The summed E-state index contributed by atoms with van der Waals surface area (Å²) in [6.45, 7) is 1.75. The van der Waals surface area contributed by atoms with Gasteiger partial charge in [-0.3, -0.25) is 9.59 Å². The van der Waals surface area contributed by atoms with Crippen molar-refractivity contribution in [2.75, 3.05) is 26.2 Å². The molecule has 2 fully saturated rings. The van der Waals surface area contributed by atoms with E-state index in [4.69, 9.17) is 4.74 Å². The van der Waals surface area contributed by atoms with Gasteiger partial charge in [0, 0.05) is 25.2 Å². The Bertz CT molecular complexity index is 863. The van der Waals surface area contributed by atoms with Crippen LogP contribution in [0.2, 0.25) is 0 Å². The van der Waals surface area contributed by atoms with Crippen LogP contribution >= 0.6 is 0 Å². The van der Waals surface area contributed by atoms with Crippen LogP contribution < -0.4 is 5.32 Å². The number of amides is 2. The molecule has 2 aromatic carbocycles. The molecule has 0 radical (unpaired) electrons. The summed E-state index contributed by atoms with van der Waals surface area (Å²) in [5.74, 6) is -0.429. The standard InChI is InChI=1S/C21H21FN2O3/c22-18-6-2-4-16(12-18)15-3-1-5-17(11-15)20(26)24-9-7-21(8-10-24)14-23-19(25)13-27-21/h1-6,11-12H,7-10,13-14H2,(H,23,25). The van der Waals surface area contributed by atoms with Crippen molar-refractivity contribution >= 4 is 11.8 Å². The van der Waals surface area contributed by atoms with E-state index in [1.54, 1.807) is 18.2 Å². The highest BCUT2D eigenvalue weighted by molar-refractivity contribution is 5.95. The number of halogens is 1. The van der Waals surface area contributed by atoms with Gasteiger partial charge in [-0.2, -0.15) is 0 Å². The number of rotatable bonds is 2. The zero-order chi connectivity index (χ0) is 18.9. The second kappa shape index (κ2) is 7.12. The molecular formula is C21H21FN2O3. The molecular weight excluding hydrogens is 347 g/mol. The van der Waals surface area contributed by atoms with Crippen LogP contribution in [0.4, 0.5) is 4.39 Å². The highest BCUT2D eigenvalue weighted by Gasteiger charge is 2.40. The molecule has 0 bridgehead atoms. The molecule has 2 saturated heterocycles. The smallest absolute Gasteiger partial charge is 0.253 e. The van der Waals surface area contributed by atoms with Gasteiger partial charge in [0.2, 0.25) is 5.91 Å². The molecule has 0 unspecified atom stereocenters. The summed E-state index contributed by atoms with van der Waals surface area (Å²) in [5, 5.41) is 2.85. The topological polar surface area (TPSA) is 58.6 Å². The number of hydrogen-bond acceptors (Lipinski definition) is 3. The van der Waals surface area contributed by atoms with Crippen LogP contribution in [0.1, 0.15) is 23.2 Å². The van der Waals surface area contributed by atoms with E-state index >= 15 is 0 Å². The van der Waals surface area contributed by atoms with Crippen molar-refractivity contribution in [3.63, 3.8) is 0 Å². The number of carbonyl (C=O) groups excluding carboxylic acids is 2. The molecule has 1 N–H and O–H groups in total. The molecule has 27 heavy (non-hydrogen) atoms. The number of likely N-dealkylation sites (tertiary alicyclic amines) is 1. The Morgan fingerprint density at radius 2 is 1.78 bits per heavy atom. The average molecular weight is 368 g/mol. The number of piperidine rings is 1. The summed E-state index contributed by atoms with van der Waals surface area (Å²) < 4.78 is 19.2. The maximum Gasteiger partial charge on any atom is 0.253 e. The van der Waals surface area contributed by atoms with Gasteiger partial charge in [-0.05, 0) is 48.2 Å². The fourth-order valence-corrected chi connectivity index (χ4v) is 3.70. The van der Waals surface area contributed by atoms with Crippen molar-refractivity contribution in [3.05, 3.63) is 59.9 Å². The van der Waals surface area contributed by atoms with Crippen molar-refractivity contribution in [2.45, 2.75) is 18.4 Å². The van der Waals surface area contributed by atoms with Gasteiger partial charge in [0.15, 0.2) is 0 Å². The zero-order valence-electron chi connectivity index (χ0n) is 14.9. The third kappa shape index (κ3) is 3.71. The summed E-state index contributed by atoms with van der Waals surface area (Å²) in [4.78, 5) is 26.0. The normalized spacial score (nSPS) is 19.0. The molecule has 2 aliphatic heterocycles. The van der Waals surface area contributed by atoms with E-state index in [1.807, 2.05) is 23.1 Å². The van der Waals surface area contributed by atoms with Crippen molar-refractivity contribution in [1.82, 2.24) is 10.2 Å². The Morgan fingerprint density at radius 3 is 2.44 bits per heavy atom. The minimum Gasteiger partial charge on any atom is -0.363 e. The second-order valence-corrected chi connectivity index (χ2v) is 7.13. The molecule has 0 aromatic heterocycles. The number of hydrogen-bond donors (Lipinski definition) is 1. The summed E-state index contributed by atoms with van der Waals surface area (Å²) >= 11 is 0. The number of nitrogens with zero attached hydrogens (tertiary/aromatic N) is 1. The molecule has 0 aliphatic carbocycles. The lowest BCUT2D eigenvalue weighted by Crippen LogP contribution is -2.58. The minimum absolute atomic E-state index is 0.0389. The number of nitrogens with one attached hydrogen (secondary N) is 1. The van der Waals surface area contributed by atoms with Crippen molar-refractivity contribution in [2.24, 2.45) is 0 Å². The predicted octanol–water partition coefficient (Wildman–Crippen LogP) is 2.61. The van der Waals surface area contributed by atoms with Gasteiger partial charge in [-0.1, -0.05) is 24.3 Å². The molecule has 0 saturated carbocycles. The van der Waals surface area contributed by atoms with E-state index in [0.717, 1.165) is 11.1 Å². The molecule has 2 amide bonds. The van der Waals surface area contributed by atoms with Crippen LogP contribution in [0.5, 0.6) is 0 Å².